The van der Waals surface area contributed by atoms with E-state index in [2.05, 4.69) is 15.6 Å². The van der Waals surface area contributed by atoms with Gasteiger partial charge in [0.25, 0.3) is 0 Å². The van der Waals surface area contributed by atoms with E-state index >= 15 is 0 Å². The molecule has 3 atom stereocenters. The molecule has 0 radical (unpaired) electrons. The van der Waals surface area contributed by atoms with Crippen LogP contribution in [-0.4, -0.2) is 60.5 Å². The number of hydrogen-bond acceptors (Lipinski definition) is 8. The van der Waals surface area contributed by atoms with Crippen LogP contribution in [0.1, 0.15) is 18.1 Å². The lowest BCUT2D eigenvalue weighted by Gasteiger charge is -2.23. The molecule has 0 bridgehead atoms. The van der Waals surface area contributed by atoms with Gasteiger partial charge in [0.1, 0.15) is 18.7 Å². The van der Waals surface area contributed by atoms with Crippen LogP contribution < -0.4 is 15.4 Å². The number of carbonyl (C=O) groups is 3. The predicted octanol–water partition coefficient (Wildman–Crippen LogP) is 0.966. The highest BCUT2D eigenvalue weighted by molar-refractivity contribution is 5.90. The molecule has 0 aliphatic carbocycles. The molecule has 1 aromatic carbocycles. The highest BCUT2D eigenvalue weighted by atomic mass is 16.5. The van der Waals surface area contributed by atoms with E-state index in [0.29, 0.717) is 11.4 Å². The molecule has 0 unspecified atom stereocenters. The van der Waals surface area contributed by atoms with Gasteiger partial charge in [0, 0.05) is 18.7 Å². The Kier molecular flexibility index (Phi) is 9.43. The predicted molar refractivity (Wildman–Crippen MR) is 114 cm³/mol. The Bertz CT molecular complexity index is 888. The molecule has 0 fully saturated rings. The summed E-state index contributed by atoms with van der Waals surface area (Å²) in [5.41, 5.74) is 1.41. The Morgan fingerprint density at radius 2 is 1.75 bits per heavy atom. The molecule has 0 saturated heterocycles. The summed E-state index contributed by atoms with van der Waals surface area (Å²) in [5.74, 6) is -1.06. The lowest BCUT2D eigenvalue weighted by Crippen LogP contribution is -2.56. The van der Waals surface area contributed by atoms with E-state index in [4.69, 9.17) is 14.2 Å². The molecule has 172 valence electrons. The summed E-state index contributed by atoms with van der Waals surface area (Å²) in [6.45, 7) is 1.33. The average molecular weight is 445 g/mol. The molecule has 1 aromatic heterocycles. The molecule has 10 nitrogen and oxygen atoms in total. The zero-order valence-corrected chi connectivity index (χ0v) is 18.1. The van der Waals surface area contributed by atoms with Crippen molar-refractivity contribution in [1.82, 2.24) is 15.6 Å². The van der Waals surface area contributed by atoms with Gasteiger partial charge in [-0.3, -0.25) is 4.79 Å². The van der Waals surface area contributed by atoms with Crippen LogP contribution in [0.15, 0.2) is 48.7 Å². The molecule has 0 aliphatic heterocycles. The van der Waals surface area contributed by atoms with Crippen molar-refractivity contribution in [2.45, 2.75) is 38.1 Å². The lowest BCUT2D eigenvalue weighted by atomic mass is 10.1. The average Bonchev–Trinajstić information content (AvgIpc) is 2.81. The number of aromatic nitrogens is 1. The van der Waals surface area contributed by atoms with Crippen molar-refractivity contribution in [3.05, 3.63) is 59.8 Å². The summed E-state index contributed by atoms with van der Waals surface area (Å²) in [5, 5.41) is 14.8. The van der Waals surface area contributed by atoms with Crippen molar-refractivity contribution >= 4 is 18.0 Å². The van der Waals surface area contributed by atoms with Crippen molar-refractivity contribution in [3.8, 4) is 5.88 Å². The maximum atomic E-state index is 12.7. The fraction of sp³-hybridized carbons (Fsp3) is 0.364. The number of pyridine rings is 1. The Morgan fingerprint density at radius 3 is 2.31 bits per heavy atom. The third kappa shape index (κ3) is 7.55. The third-order valence-electron chi connectivity index (χ3n) is 4.50. The van der Waals surface area contributed by atoms with Crippen LogP contribution in [0.4, 0.5) is 4.79 Å². The van der Waals surface area contributed by atoms with Crippen molar-refractivity contribution < 1.29 is 33.7 Å². The molecule has 0 spiro atoms. The van der Waals surface area contributed by atoms with Gasteiger partial charge < -0.3 is 30.0 Å². The lowest BCUT2D eigenvalue weighted by molar-refractivity contribution is -0.145. The smallest absolute Gasteiger partial charge is 0.408 e. The van der Waals surface area contributed by atoms with Crippen LogP contribution in [-0.2, 0) is 32.1 Å². The molecule has 10 heteroatoms. The first-order valence-corrected chi connectivity index (χ1v) is 9.86. The molecular weight excluding hydrogens is 418 g/mol. The zero-order chi connectivity index (χ0) is 23.5. The molecule has 2 rings (SSSR count). The minimum Gasteiger partial charge on any atom is -0.481 e. The minimum absolute atomic E-state index is 0.00389. The highest BCUT2D eigenvalue weighted by Crippen LogP contribution is 2.10. The van der Waals surface area contributed by atoms with E-state index in [0.717, 1.165) is 5.56 Å². The Morgan fingerprint density at radius 1 is 1.03 bits per heavy atom. The van der Waals surface area contributed by atoms with Gasteiger partial charge in [0.2, 0.25) is 11.8 Å². The summed E-state index contributed by atoms with van der Waals surface area (Å²) in [4.78, 5) is 41.1. The number of aliphatic hydroxyl groups is 1. The number of benzene rings is 1. The third-order valence-corrected chi connectivity index (χ3v) is 4.50. The van der Waals surface area contributed by atoms with Crippen LogP contribution in [0, 0.1) is 0 Å². The fourth-order valence-electron chi connectivity index (χ4n) is 2.78. The number of hydrogen-bond donors (Lipinski definition) is 3. The van der Waals surface area contributed by atoms with E-state index in [1.54, 1.807) is 36.4 Å². The summed E-state index contributed by atoms with van der Waals surface area (Å²) in [6.07, 6.45) is -0.545. The summed E-state index contributed by atoms with van der Waals surface area (Å²) in [6, 6.07) is 9.89. The molecule has 2 amide bonds. The second kappa shape index (κ2) is 12.3. The Hall–Kier alpha value is -3.66. The monoisotopic (exact) mass is 445 g/mol. The van der Waals surface area contributed by atoms with E-state index in [1.807, 2.05) is 6.07 Å². The molecule has 2 aromatic rings. The van der Waals surface area contributed by atoms with Crippen molar-refractivity contribution in [1.29, 1.82) is 0 Å². The number of esters is 1. The second-order valence-corrected chi connectivity index (χ2v) is 6.92. The summed E-state index contributed by atoms with van der Waals surface area (Å²) < 4.78 is 14.9. The number of rotatable bonds is 10. The SMILES string of the molecule is COC(=O)[C@H](Cc1ccc(OC)nc1)NC(=O)[C@@H](NC(=O)OCc1ccccc1)[C@@H](C)O. The van der Waals surface area contributed by atoms with Gasteiger partial charge in [-0.1, -0.05) is 36.4 Å². The van der Waals surface area contributed by atoms with Crippen molar-refractivity contribution in [3.63, 3.8) is 0 Å². The number of nitrogens with one attached hydrogen (secondary N) is 2. The standard InChI is InChI=1S/C22H27N3O7/c1-14(26)19(25-22(29)32-13-15-7-5-4-6-8-15)20(27)24-17(21(28)31-3)11-16-9-10-18(30-2)23-12-16/h4-10,12,14,17,19,26H,11,13H2,1-3H3,(H,24,27)(H,25,29)/t14-,17+,19+/m1/s1. The maximum absolute atomic E-state index is 12.7. The van der Waals surface area contributed by atoms with Crippen LogP contribution in [0.25, 0.3) is 0 Å². The van der Waals surface area contributed by atoms with Gasteiger partial charge in [-0.05, 0) is 18.1 Å². The first kappa shape index (κ1) is 24.6. The van der Waals surface area contributed by atoms with Gasteiger partial charge in [-0.15, -0.1) is 0 Å². The number of amides is 2. The number of methoxy groups -OCH3 is 2. The Balaban J connectivity index is 2.01. The number of alkyl carbamates (subject to hydrolysis) is 1. The van der Waals surface area contributed by atoms with Gasteiger partial charge in [-0.2, -0.15) is 0 Å². The number of nitrogens with zero attached hydrogens (tertiary/aromatic N) is 1. The van der Waals surface area contributed by atoms with Crippen LogP contribution >= 0.6 is 0 Å². The second-order valence-electron chi connectivity index (χ2n) is 6.92. The topological polar surface area (TPSA) is 136 Å². The maximum Gasteiger partial charge on any atom is 0.408 e. The first-order chi connectivity index (χ1) is 15.3. The van der Waals surface area contributed by atoms with E-state index in [9.17, 15) is 19.5 Å². The zero-order valence-electron chi connectivity index (χ0n) is 18.1. The summed E-state index contributed by atoms with van der Waals surface area (Å²) in [7, 11) is 2.67. The first-order valence-electron chi connectivity index (χ1n) is 9.86. The largest absolute Gasteiger partial charge is 0.481 e. The molecular formula is C22H27N3O7. The molecule has 3 N–H and O–H groups in total. The van der Waals surface area contributed by atoms with Crippen LogP contribution in [0.3, 0.4) is 0 Å². The fourth-order valence-corrected chi connectivity index (χ4v) is 2.78. The normalized spacial score (nSPS) is 13.2. The minimum atomic E-state index is -1.35. The van der Waals surface area contributed by atoms with Gasteiger partial charge in [0.15, 0.2) is 0 Å². The van der Waals surface area contributed by atoms with Gasteiger partial charge in [0.05, 0.1) is 20.3 Å². The van der Waals surface area contributed by atoms with E-state index in [-0.39, 0.29) is 13.0 Å². The molecule has 0 saturated carbocycles. The van der Waals surface area contributed by atoms with Gasteiger partial charge in [-0.25, -0.2) is 14.6 Å². The summed E-state index contributed by atoms with van der Waals surface area (Å²) >= 11 is 0. The number of carbonyl (C=O) groups excluding carboxylic acids is 3. The molecule has 1 heterocycles. The highest BCUT2D eigenvalue weighted by Gasteiger charge is 2.30. The van der Waals surface area contributed by atoms with Crippen molar-refractivity contribution in [2.75, 3.05) is 14.2 Å². The van der Waals surface area contributed by atoms with Crippen LogP contribution in [0.2, 0.25) is 0 Å². The van der Waals surface area contributed by atoms with Crippen molar-refractivity contribution in [2.24, 2.45) is 0 Å². The Labute approximate surface area is 185 Å². The van der Waals surface area contributed by atoms with E-state index < -0.39 is 36.2 Å². The number of aliphatic hydroxyl groups excluding tert-OH is 1. The van der Waals surface area contributed by atoms with Gasteiger partial charge >= 0.3 is 12.1 Å². The molecule has 32 heavy (non-hydrogen) atoms. The van der Waals surface area contributed by atoms with E-state index in [1.165, 1.54) is 27.3 Å². The quantitative estimate of drug-likeness (QED) is 0.460. The number of ether oxygens (including phenoxy) is 3. The molecule has 0 aliphatic rings. The van der Waals surface area contributed by atoms with Crippen LogP contribution in [0.5, 0.6) is 5.88 Å².